The normalized spacial score (nSPS) is 20.4. The fourth-order valence-electron chi connectivity index (χ4n) is 1.51. The second-order valence-corrected chi connectivity index (χ2v) is 3.51. The second kappa shape index (κ2) is 4.91. The molecular weight excluding hydrogens is 210 g/mol. The monoisotopic (exact) mass is 223 g/mol. The first-order chi connectivity index (χ1) is 7.77. The lowest BCUT2D eigenvalue weighted by Gasteiger charge is -2.22. The smallest absolute Gasteiger partial charge is 0.293 e. The molecule has 6 nitrogen and oxygen atoms in total. The van der Waals surface area contributed by atoms with Gasteiger partial charge < -0.3 is 15.1 Å². The number of rotatable bonds is 2. The minimum atomic E-state index is -0.512. The van der Waals surface area contributed by atoms with Crippen molar-refractivity contribution < 1.29 is 14.0 Å². The number of carbonyl (C=O) groups is 2. The lowest BCUT2D eigenvalue weighted by molar-refractivity contribution is -0.122. The van der Waals surface area contributed by atoms with Crippen LogP contribution >= 0.6 is 0 Å². The van der Waals surface area contributed by atoms with Gasteiger partial charge in [0.15, 0.2) is 5.76 Å². The van der Waals surface area contributed by atoms with Gasteiger partial charge in [0.1, 0.15) is 0 Å². The summed E-state index contributed by atoms with van der Waals surface area (Å²) in [5, 5.41) is 8.36. The molecule has 2 rings (SSSR count). The van der Waals surface area contributed by atoms with Crippen LogP contribution < -0.4 is 16.0 Å². The van der Waals surface area contributed by atoms with Crippen LogP contribution in [0.4, 0.5) is 0 Å². The first kappa shape index (κ1) is 10.8. The average Bonchev–Trinajstić information content (AvgIpc) is 2.83. The molecule has 6 heteroatoms. The van der Waals surface area contributed by atoms with Crippen LogP contribution in [0, 0.1) is 0 Å². The van der Waals surface area contributed by atoms with Gasteiger partial charge in [-0.25, -0.2) is 0 Å². The molecule has 3 N–H and O–H groups in total. The van der Waals surface area contributed by atoms with E-state index in [1.54, 1.807) is 6.07 Å². The Morgan fingerprint density at radius 2 is 2.31 bits per heavy atom. The van der Waals surface area contributed by atoms with Crippen LogP contribution in [0.3, 0.4) is 0 Å². The highest BCUT2D eigenvalue weighted by Gasteiger charge is 2.23. The highest BCUT2D eigenvalue weighted by atomic mass is 16.3. The summed E-state index contributed by atoms with van der Waals surface area (Å²) < 4.78 is 4.88. The van der Waals surface area contributed by atoms with Gasteiger partial charge in [0.05, 0.1) is 12.3 Å². The molecule has 1 aliphatic heterocycles. The first-order valence-electron chi connectivity index (χ1n) is 5.10. The molecule has 1 saturated heterocycles. The summed E-state index contributed by atoms with van der Waals surface area (Å²) in [6.07, 6.45) is 1.39. The van der Waals surface area contributed by atoms with Gasteiger partial charge >= 0.3 is 0 Å². The van der Waals surface area contributed by atoms with Crippen molar-refractivity contribution in [1.82, 2.24) is 16.0 Å². The molecular formula is C10H13N3O3. The number of piperazine rings is 1. The molecule has 0 bridgehead atoms. The lowest BCUT2D eigenvalue weighted by atomic mass is 10.2. The van der Waals surface area contributed by atoms with Crippen molar-refractivity contribution in [2.75, 3.05) is 19.6 Å². The first-order valence-corrected chi connectivity index (χ1v) is 5.10. The topological polar surface area (TPSA) is 83.4 Å². The van der Waals surface area contributed by atoms with E-state index in [1.807, 2.05) is 0 Å². The zero-order chi connectivity index (χ0) is 11.4. The van der Waals surface area contributed by atoms with Crippen LogP contribution in [0.25, 0.3) is 0 Å². The molecule has 0 radical (unpaired) electrons. The summed E-state index contributed by atoms with van der Waals surface area (Å²) in [6, 6.07) is 2.74. The second-order valence-electron chi connectivity index (χ2n) is 3.51. The molecule has 2 amide bonds. The van der Waals surface area contributed by atoms with Gasteiger partial charge in [-0.1, -0.05) is 0 Å². The molecule has 1 aliphatic rings. The largest absolute Gasteiger partial charge is 0.459 e. The van der Waals surface area contributed by atoms with Crippen LogP contribution in [0.5, 0.6) is 0 Å². The quantitative estimate of drug-likeness (QED) is 0.566. The van der Waals surface area contributed by atoms with Gasteiger partial charge in [-0.3, -0.25) is 14.9 Å². The van der Waals surface area contributed by atoms with Crippen LogP contribution in [0.1, 0.15) is 10.6 Å². The van der Waals surface area contributed by atoms with E-state index >= 15 is 0 Å². The van der Waals surface area contributed by atoms with Gasteiger partial charge in [0, 0.05) is 19.6 Å². The Balaban J connectivity index is 1.89. The number of furan rings is 1. The summed E-state index contributed by atoms with van der Waals surface area (Å²) in [6.45, 7) is 2.07. The van der Waals surface area contributed by atoms with E-state index in [-0.39, 0.29) is 17.7 Å². The number of hydrogen-bond donors (Lipinski definition) is 3. The number of imide groups is 1. The Bertz CT molecular complexity index is 369. The van der Waals surface area contributed by atoms with Crippen LogP contribution in [0.2, 0.25) is 0 Å². The Kier molecular flexibility index (Phi) is 3.33. The maximum Gasteiger partial charge on any atom is 0.293 e. The summed E-state index contributed by atoms with van der Waals surface area (Å²) in [5.41, 5.74) is 0. The van der Waals surface area contributed by atoms with Crippen molar-refractivity contribution in [1.29, 1.82) is 0 Å². The zero-order valence-electron chi connectivity index (χ0n) is 8.66. The van der Waals surface area contributed by atoms with Crippen molar-refractivity contribution >= 4 is 11.8 Å². The van der Waals surface area contributed by atoms with E-state index in [0.29, 0.717) is 13.1 Å². The molecule has 0 saturated carbocycles. The zero-order valence-corrected chi connectivity index (χ0v) is 8.66. The number of amides is 2. The standard InChI is InChI=1S/C10H13N3O3/c14-9(7-6-11-3-4-12-7)13-10(15)8-2-1-5-16-8/h1-2,5,7,11-12H,3-4,6H2,(H,13,14,15). The maximum absolute atomic E-state index is 11.6. The minimum Gasteiger partial charge on any atom is -0.459 e. The predicted molar refractivity (Wildman–Crippen MR) is 55.8 cm³/mol. The molecule has 86 valence electrons. The fraction of sp³-hybridized carbons (Fsp3) is 0.400. The van der Waals surface area contributed by atoms with E-state index in [1.165, 1.54) is 12.3 Å². The number of nitrogens with one attached hydrogen (secondary N) is 3. The average molecular weight is 223 g/mol. The van der Waals surface area contributed by atoms with E-state index in [4.69, 9.17) is 4.42 Å². The van der Waals surface area contributed by atoms with Gasteiger partial charge in [-0.2, -0.15) is 0 Å². The molecule has 1 aromatic rings. The summed E-state index contributed by atoms with van der Waals surface area (Å²) in [4.78, 5) is 23.1. The van der Waals surface area contributed by atoms with Gasteiger partial charge in [0.25, 0.3) is 5.91 Å². The van der Waals surface area contributed by atoms with E-state index in [0.717, 1.165) is 6.54 Å². The molecule has 0 aliphatic carbocycles. The third-order valence-electron chi connectivity index (χ3n) is 2.34. The molecule has 0 aromatic carbocycles. The van der Waals surface area contributed by atoms with Crippen LogP contribution in [0.15, 0.2) is 22.8 Å². The fourth-order valence-corrected chi connectivity index (χ4v) is 1.51. The Hall–Kier alpha value is -1.66. The molecule has 1 aromatic heterocycles. The van der Waals surface area contributed by atoms with Crippen molar-refractivity contribution in [3.8, 4) is 0 Å². The van der Waals surface area contributed by atoms with E-state index in [2.05, 4.69) is 16.0 Å². The molecule has 16 heavy (non-hydrogen) atoms. The van der Waals surface area contributed by atoms with Gasteiger partial charge in [-0.05, 0) is 12.1 Å². The van der Waals surface area contributed by atoms with E-state index in [9.17, 15) is 9.59 Å². The lowest BCUT2D eigenvalue weighted by Crippen LogP contribution is -2.56. The highest BCUT2D eigenvalue weighted by molar-refractivity contribution is 6.04. The SMILES string of the molecule is O=C(NC(=O)C1CNCCN1)c1ccco1. The molecule has 1 atom stereocenters. The third-order valence-corrected chi connectivity index (χ3v) is 2.34. The minimum absolute atomic E-state index is 0.136. The Morgan fingerprint density at radius 3 is 2.94 bits per heavy atom. The van der Waals surface area contributed by atoms with Crippen molar-refractivity contribution in [2.45, 2.75) is 6.04 Å². The highest BCUT2D eigenvalue weighted by Crippen LogP contribution is 1.99. The maximum atomic E-state index is 11.6. The number of hydrogen-bond acceptors (Lipinski definition) is 5. The van der Waals surface area contributed by atoms with Gasteiger partial charge in [0.2, 0.25) is 5.91 Å². The molecule has 2 heterocycles. The van der Waals surface area contributed by atoms with Gasteiger partial charge in [-0.15, -0.1) is 0 Å². The molecule has 1 unspecified atom stereocenters. The Morgan fingerprint density at radius 1 is 1.44 bits per heavy atom. The number of carbonyl (C=O) groups excluding carboxylic acids is 2. The summed E-state index contributed by atoms with van der Waals surface area (Å²) in [7, 11) is 0. The van der Waals surface area contributed by atoms with Crippen molar-refractivity contribution in [2.24, 2.45) is 0 Å². The van der Waals surface area contributed by atoms with Crippen molar-refractivity contribution in [3.05, 3.63) is 24.2 Å². The third kappa shape index (κ3) is 2.47. The molecule has 1 fully saturated rings. The summed E-state index contributed by atoms with van der Waals surface area (Å²) in [5.74, 6) is -0.715. The van der Waals surface area contributed by atoms with Crippen LogP contribution in [-0.2, 0) is 4.79 Å². The summed E-state index contributed by atoms with van der Waals surface area (Å²) >= 11 is 0. The van der Waals surface area contributed by atoms with E-state index < -0.39 is 5.91 Å². The van der Waals surface area contributed by atoms with Crippen LogP contribution in [-0.4, -0.2) is 37.5 Å². The van der Waals surface area contributed by atoms with Crippen molar-refractivity contribution in [3.63, 3.8) is 0 Å². The molecule has 0 spiro atoms. The predicted octanol–water partition coefficient (Wildman–Crippen LogP) is -0.903. The Labute approximate surface area is 92.4 Å².